The van der Waals surface area contributed by atoms with Gasteiger partial charge >= 0.3 is 0 Å². The van der Waals surface area contributed by atoms with Gasteiger partial charge in [-0.3, -0.25) is 4.79 Å². The first-order valence-electron chi connectivity index (χ1n) is 5.04. The van der Waals surface area contributed by atoms with E-state index in [4.69, 9.17) is 16.0 Å². The maximum absolute atomic E-state index is 10.9. The predicted octanol–water partition coefficient (Wildman–Crippen LogP) is 0.783. The highest BCUT2D eigenvalue weighted by atomic mass is 31.2. The number of hydrogen-bond donors (Lipinski definition) is 2. The minimum absolute atomic E-state index is 0.0289. The van der Waals surface area contributed by atoms with E-state index < -0.39 is 8.15 Å². The van der Waals surface area contributed by atoms with E-state index in [0.717, 1.165) is 12.8 Å². The topological polar surface area (TPSA) is 78.3 Å². The summed E-state index contributed by atoms with van der Waals surface area (Å²) in [4.78, 5) is 10.9. The van der Waals surface area contributed by atoms with Crippen molar-refractivity contribution in [2.45, 2.75) is 44.0 Å². The van der Waals surface area contributed by atoms with Crippen LogP contribution in [0.15, 0.2) is 0 Å². The second-order valence-electron chi connectivity index (χ2n) is 3.79. The van der Waals surface area contributed by atoms with Crippen LogP contribution < -0.4 is 11.5 Å². The van der Waals surface area contributed by atoms with Crippen molar-refractivity contribution in [2.75, 3.05) is 6.61 Å². The average Bonchev–Trinajstić information content (AvgIpc) is 2.74. The van der Waals surface area contributed by atoms with E-state index in [1.54, 1.807) is 0 Å². The maximum Gasteiger partial charge on any atom is 0.227 e. The smallest absolute Gasteiger partial charge is 0.227 e. The molecule has 82 valence electrons. The van der Waals surface area contributed by atoms with Crippen molar-refractivity contribution in [3.05, 3.63) is 0 Å². The first-order chi connectivity index (χ1) is 6.57. The third kappa shape index (κ3) is 2.91. The molecule has 0 radical (unpaired) electrons. The third-order valence-electron chi connectivity index (χ3n) is 2.43. The Morgan fingerprint density at radius 1 is 1.64 bits per heavy atom. The van der Waals surface area contributed by atoms with Gasteiger partial charge < -0.3 is 16.0 Å². The van der Waals surface area contributed by atoms with Gasteiger partial charge in [0.2, 0.25) is 5.91 Å². The SMILES string of the molecule is CCCC(N)COP1C(C)C1C(N)=O. The van der Waals surface area contributed by atoms with Gasteiger partial charge in [-0.05, 0) is 6.42 Å². The van der Waals surface area contributed by atoms with Crippen LogP contribution in [0.25, 0.3) is 0 Å². The highest BCUT2D eigenvalue weighted by Crippen LogP contribution is 2.66. The van der Waals surface area contributed by atoms with E-state index in [-0.39, 0.29) is 17.6 Å². The summed E-state index contributed by atoms with van der Waals surface area (Å²) in [7, 11) is -0.612. The summed E-state index contributed by atoms with van der Waals surface area (Å²) < 4.78 is 5.59. The Morgan fingerprint density at radius 2 is 2.29 bits per heavy atom. The van der Waals surface area contributed by atoms with Crippen LogP contribution >= 0.6 is 8.15 Å². The van der Waals surface area contributed by atoms with Crippen molar-refractivity contribution in [3.8, 4) is 0 Å². The highest BCUT2D eigenvalue weighted by Gasteiger charge is 2.52. The second kappa shape index (κ2) is 5.06. The molecule has 4 unspecified atom stereocenters. The van der Waals surface area contributed by atoms with Gasteiger partial charge in [0.25, 0.3) is 0 Å². The van der Waals surface area contributed by atoms with E-state index in [0.29, 0.717) is 12.3 Å². The van der Waals surface area contributed by atoms with Crippen LogP contribution in [0, 0.1) is 0 Å². The zero-order valence-electron chi connectivity index (χ0n) is 8.77. The van der Waals surface area contributed by atoms with Crippen molar-refractivity contribution >= 4 is 14.1 Å². The van der Waals surface area contributed by atoms with Crippen molar-refractivity contribution in [1.29, 1.82) is 0 Å². The molecule has 0 aromatic carbocycles. The van der Waals surface area contributed by atoms with Gasteiger partial charge in [0.05, 0.1) is 12.3 Å². The lowest BCUT2D eigenvalue weighted by Crippen LogP contribution is -2.24. The maximum atomic E-state index is 10.9. The van der Waals surface area contributed by atoms with E-state index in [9.17, 15) is 4.79 Å². The lowest BCUT2D eigenvalue weighted by atomic mass is 10.2. The molecule has 1 saturated heterocycles. The summed E-state index contributed by atoms with van der Waals surface area (Å²) in [5, 5.41) is 0. The lowest BCUT2D eigenvalue weighted by molar-refractivity contribution is -0.117. The number of amides is 1. The molecule has 0 bridgehead atoms. The zero-order valence-corrected chi connectivity index (χ0v) is 9.67. The van der Waals surface area contributed by atoms with Crippen molar-refractivity contribution in [1.82, 2.24) is 0 Å². The van der Waals surface area contributed by atoms with Gasteiger partial charge in [-0.15, -0.1) is 0 Å². The molecular weight excluding hydrogens is 199 g/mol. The van der Waals surface area contributed by atoms with E-state index in [1.807, 2.05) is 6.92 Å². The molecule has 4 nitrogen and oxygen atoms in total. The fraction of sp³-hybridized carbons (Fsp3) is 0.889. The van der Waals surface area contributed by atoms with Gasteiger partial charge in [0, 0.05) is 19.8 Å². The minimum Gasteiger partial charge on any atom is -0.369 e. The van der Waals surface area contributed by atoms with Crippen molar-refractivity contribution < 1.29 is 9.32 Å². The molecule has 1 heterocycles. The molecular formula is C9H19N2O2P. The third-order valence-corrected chi connectivity index (χ3v) is 4.89. The second-order valence-corrected chi connectivity index (χ2v) is 6.14. The Bertz CT molecular complexity index is 213. The molecule has 0 aromatic rings. The predicted molar refractivity (Wildman–Crippen MR) is 58.2 cm³/mol. The molecule has 4 atom stereocenters. The summed E-state index contributed by atoms with van der Waals surface area (Å²) in [6, 6.07) is 0.101. The first-order valence-corrected chi connectivity index (χ1v) is 6.43. The number of hydrogen-bond acceptors (Lipinski definition) is 3. The quantitative estimate of drug-likeness (QED) is 0.647. The van der Waals surface area contributed by atoms with Gasteiger partial charge in [0.15, 0.2) is 0 Å². The molecule has 0 saturated carbocycles. The molecule has 1 amide bonds. The molecule has 1 rings (SSSR count). The Kier molecular flexibility index (Phi) is 4.30. The number of primary amides is 1. The Labute approximate surface area is 86.2 Å². The molecule has 1 fully saturated rings. The normalized spacial score (nSPS) is 32.6. The molecule has 1 aliphatic heterocycles. The number of rotatable bonds is 6. The summed E-state index contributed by atoms with van der Waals surface area (Å²) in [6.07, 6.45) is 2.04. The van der Waals surface area contributed by atoms with Crippen molar-refractivity contribution in [3.63, 3.8) is 0 Å². The zero-order chi connectivity index (χ0) is 10.7. The van der Waals surface area contributed by atoms with Gasteiger partial charge in [-0.1, -0.05) is 20.3 Å². The van der Waals surface area contributed by atoms with Crippen LogP contribution in [0.3, 0.4) is 0 Å². The minimum atomic E-state index is -0.612. The van der Waals surface area contributed by atoms with Crippen LogP contribution in [0.4, 0.5) is 0 Å². The van der Waals surface area contributed by atoms with Gasteiger partial charge in [0.1, 0.15) is 0 Å². The molecule has 5 heteroatoms. The molecule has 4 N–H and O–H groups in total. The van der Waals surface area contributed by atoms with E-state index in [2.05, 4.69) is 6.92 Å². The van der Waals surface area contributed by atoms with Crippen LogP contribution in [0.5, 0.6) is 0 Å². The molecule has 1 aliphatic rings. The average molecular weight is 218 g/mol. The molecule has 0 aliphatic carbocycles. The summed E-state index contributed by atoms with van der Waals surface area (Å²) in [6.45, 7) is 4.66. The van der Waals surface area contributed by atoms with E-state index >= 15 is 0 Å². The number of nitrogens with two attached hydrogens (primary N) is 2. The van der Waals surface area contributed by atoms with Crippen LogP contribution in [0.2, 0.25) is 0 Å². The van der Waals surface area contributed by atoms with Crippen LogP contribution in [-0.2, 0) is 9.32 Å². The van der Waals surface area contributed by atoms with Crippen LogP contribution in [0.1, 0.15) is 26.7 Å². The standard InChI is InChI=1S/C9H19N2O2P/c1-3-4-7(10)5-13-14-6(2)8(14)9(11)12/h6-8H,3-5,10H2,1-2H3,(H2,11,12). The Hall–Kier alpha value is -0.180. The van der Waals surface area contributed by atoms with Gasteiger partial charge in [-0.2, -0.15) is 0 Å². The van der Waals surface area contributed by atoms with Gasteiger partial charge in [-0.25, -0.2) is 0 Å². The first kappa shape index (κ1) is 11.9. The Morgan fingerprint density at radius 3 is 2.71 bits per heavy atom. The molecule has 14 heavy (non-hydrogen) atoms. The highest BCUT2D eigenvalue weighted by molar-refractivity contribution is 7.64. The molecule has 0 aromatic heterocycles. The summed E-state index contributed by atoms with van der Waals surface area (Å²) >= 11 is 0. The Balaban J connectivity index is 2.18. The van der Waals surface area contributed by atoms with Crippen molar-refractivity contribution in [2.24, 2.45) is 11.5 Å². The summed E-state index contributed by atoms with van der Waals surface area (Å²) in [5.41, 5.74) is 11.3. The largest absolute Gasteiger partial charge is 0.369 e. The molecule has 0 spiro atoms. The monoisotopic (exact) mass is 218 g/mol. The summed E-state index contributed by atoms with van der Waals surface area (Å²) in [5.74, 6) is -0.229. The van der Waals surface area contributed by atoms with Crippen LogP contribution in [-0.4, -0.2) is 29.9 Å². The number of carbonyl (C=O) groups is 1. The number of carbonyl (C=O) groups excluding carboxylic acids is 1. The lowest BCUT2D eigenvalue weighted by Gasteiger charge is -2.10. The van der Waals surface area contributed by atoms with E-state index in [1.165, 1.54) is 0 Å². The fourth-order valence-electron chi connectivity index (χ4n) is 1.52. The fourth-order valence-corrected chi connectivity index (χ4v) is 3.48.